The van der Waals surface area contributed by atoms with Crippen molar-refractivity contribution in [3.05, 3.63) is 0 Å². The smallest absolute Gasteiger partial charge is 0.412 e. The predicted molar refractivity (Wildman–Crippen MR) is 66.2 cm³/mol. The third-order valence-electron chi connectivity index (χ3n) is 3.25. The van der Waals surface area contributed by atoms with Gasteiger partial charge in [0.25, 0.3) is 0 Å². The van der Waals surface area contributed by atoms with Crippen molar-refractivity contribution in [3.63, 3.8) is 0 Å². The van der Waals surface area contributed by atoms with Gasteiger partial charge >= 0.3 is 6.09 Å². The minimum atomic E-state index is -0.640. The number of nitrogens with zero attached hydrogens (tertiary/aromatic N) is 1. The van der Waals surface area contributed by atoms with Gasteiger partial charge in [-0.2, -0.15) is 0 Å². The summed E-state index contributed by atoms with van der Waals surface area (Å²) in [5.74, 6) is 0. The van der Waals surface area contributed by atoms with E-state index in [4.69, 9.17) is 14.2 Å². The van der Waals surface area contributed by atoms with Crippen LogP contribution in [0, 0.1) is 0 Å². The van der Waals surface area contributed by atoms with Crippen LogP contribution in [0.5, 0.6) is 0 Å². The Kier molecular flexibility index (Phi) is 3.10. The zero-order chi connectivity index (χ0) is 13.7. The van der Waals surface area contributed by atoms with E-state index >= 15 is 0 Å². The maximum absolute atomic E-state index is 12.3. The maximum Gasteiger partial charge on any atom is 0.412 e. The Bertz CT molecular complexity index is 347. The zero-order valence-corrected chi connectivity index (χ0v) is 12.0. The zero-order valence-electron chi connectivity index (χ0n) is 12.0. The molecule has 1 amide bonds. The van der Waals surface area contributed by atoms with Crippen LogP contribution in [0.4, 0.5) is 4.79 Å². The molecule has 2 aliphatic rings. The van der Waals surface area contributed by atoms with Gasteiger partial charge in [0.05, 0.1) is 18.8 Å². The molecule has 0 aliphatic carbocycles. The first-order valence-electron chi connectivity index (χ1n) is 6.43. The Labute approximate surface area is 108 Å². The molecule has 0 saturated carbocycles. The summed E-state index contributed by atoms with van der Waals surface area (Å²) in [5, 5.41) is 0. The highest BCUT2D eigenvalue weighted by Crippen LogP contribution is 2.37. The maximum atomic E-state index is 12.3. The number of amides is 1. The average molecular weight is 257 g/mol. The minimum absolute atomic E-state index is 0.0511. The lowest BCUT2D eigenvalue weighted by Gasteiger charge is -2.34. The first kappa shape index (κ1) is 13.6. The molecule has 0 spiro atoms. The molecule has 0 unspecified atom stereocenters. The van der Waals surface area contributed by atoms with Crippen LogP contribution in [0.25, 0.3) is 0 Å². The van der Waals surface area contributed by atoms with Gasteiger partial charge in [0.2, 0.25) is 0 Å². The second kappa shape index (κ2) is 4.10. The van der Waals surface area contributed by atoms with E-state index in [1.54, 1.807) is 4.90 Å². The topological polar surface area (TPSA) is 51.3 Å². The third-order valence-corrected chi connectivity index (χ3v) is 3.25. The van der Waals surface area contributed by atoms with Gasteiger partial charge < -0.3 is 14.2 Å². The SMILES string of the molecule is C[C@@H]1O[C@H]1[C@@H]1COC(C)(C)N1C(=O)OC(C)(C)C. The Hall–Kier alpha value is -0.810. The summed E-state index contributed by atoms with van der Waals surface area (Å²) in [6.07, 6.45) is -0.0746. The van der Waals surface area contributed by atoms with Crippen molar-refractivity contribution in [1.82, 2.24) is 4.90 Å². The fraction of sp³-hybridized carbons (Fsp3) is 0.923. The van der Waals surface area contributed by atoms with Crippen molar-refractivity contribution >= 4 is 6.09 Å². The molecule has 5 heteroatoms. The molecule has 0 aromatic rings. The molecule has 2 rings (SSSR count). The Morgan fingerprint density at radius 2 is 1.94 bits per heavy atom. The molecule has 18 heavy (non-hydrogen) atoms. The summed E-state index contributed by atoms with van der Waals surface area (Å²) in [6, 6.07) is -0.0511. The highest BCUT2D eigenvalue weighted by molar-refractivity contribution is 5.70. The predicted octanol–water partition coefficient (Wildman–Crippen LogP) is 2.15. The van der Waals surface area contributed by atoms with E-state index < -0.39 is 11.3 Å². The molecule has 0 radical (unpaired) electrons. The fourth-order valence-electron chi connectivity index (χ4n) is 2.35. The van der Waals surface area contributed by atoms with Gasteiger partial charge in [-0.3, -0.25) is 4.90 Å². The second-order valence-electron chi connectivity index (χ2n) is 6.48. The van der Waals surface area contributed by atoms with Crippen molar-refractivity contribution < 1.29 is 19.0 Å². The summed E-state index contributed by atoms with van der Waals surface area (Å²) in [6.45, 7) is 11.8. The molecule has 2 saturated heterocycles. The molecule has 0 aromatic heterocycles. The lowest BCUT2D eigenvalue weighted by Crippen LogP contribution is -2.51. The summed E-state index contributed by atoms with van der Waals surface area (Å²) < 4.78 is 16.6. The molecule has 0 bridgehead atoms. The van der Waals surface area contributed by atoms with Crippen LogP contribution in [0.2, 0.25) is 0 Å². The van der Waals surface area contributed by atoms with E-state index in [1.807, 2.05) is 41.5 Å². The summed E-state index contributed by atoms with van der Waals surface area (Å²) in [4.78, 5) is 14.0. The van der Waals surface area contributed by atoms with Crippen LogP contribution in [-0.2, 0) is 14.2 Å². The van der Waals surface area contributed by atoms with Crippen LogP contribution >= 0.6 is 0 Å². The van der Waals surface area contributed by atoms with E-state index in [1.165, 1.54) is 0 Å². The van der Waals surface area contributed by atoms with E-state index in [0.717, 1.165) is 0 Å². The third kappa shape index (κ3) is 2.62. The minimum Gasteiger partial charge on any atom is -0.444 e. The summed E-state index contributed by atoms with van der Waals surface area (Å²) in [5.41, 5.74) is -1.14. The van der Waals surface area contributed by atoms with Crippen LogP contribution in [-0.4, -0.2) is 47.2 Å². The standard InChI is InChI=1S/C13H23NO4/c1-8-10(17-8)9-7-16-13(5,6)14(9)11(15)18-12(2,3)4/h8-10H,7H2,1-6H3/t8-,9-,10+/m0/s1. The van der Waals surface area contributed by atoms with E-state index in [0.29, 0.717) is 6.61 Å². The van der Waals surface area contributed by atoms with Crippen molar-refractivity contribution in [2.24, 2.45) is 0 Å². The van der Waals surface area contributed by atoms with Crippen molar-refractivity contribution in [1.29, 1.82) is 0 Å². The van der Waals surface area contributed by atoms with E-state index in [2.05, 4.69) is 0 Å². The van der Waals surface area contributed by atoms with Crippen LogP contribution in [0.3, 0.4) is 0 Å². The quantitative estimate of drug-likeness (QED) is 0.675. The molecule has 104 valence electrons. The van der Waals surface area contributed by atoms with Crippen LogP contribution in [0.1, 0.15) is 41.5 Å². The van der Waals surface area contributed by atoms with Crippen LogP contribution in [0.15, 0.2) is 0 Å². The molecule has 0 aromatic carbocycles. The summed E-state index contributed by atoms with van der Waals surface area (Å²) in [7, 11) is 0. The summed E-state index contributed by atoms with van der Waals surface area (Å²) >= 11 is 0. The van der Waals surface area contributed by atoms with E-state index in [-0.39, 0.29) is 24.3 Å². The second-order valence-corrected chi connectivity index (χ2v) is 6.48. The Balaban J connectivity index is 2.12. The number of ether oxygens (including phenoxy) is 3. The van der Waals surface area contributed by atoms with Gasteiger partial charge in [-0.15, -0.1) is 0 Å². The largest absolute Gasteiger partial charge is 0.444 e. The van der Waals surface area contributed by atoms with Gasteiger partial charge in [-0.1, -0.05) is 0 Å². The molecular weight excluding hydrogens is 234 g/mol. The number of carbonyl (C=O) groups is 1. The lowest BCUT2D eigenvalue weighted by atomic mass is 10.1. The van der Waals surface area contributed by atoms with Gasteiger partial charge in [0.15, 0.2) is 0 Å². The number of hydrogen-bond acceptors (Lipinski definition) is 4. The molecule has 2 heterocycles. The lowest BCUT2D eigenvalue weighted by molar-refractivity contribution is -0.0632. The molecule has 5 nitrogen and oxygen atoms in total. The molecule has 2 fully saturated rings. The highest BCUT2D eigenvalue weighted by atomic mass is 16.6. The molecule has 0 N–H and O–H groups in total. The van der Waals surface area contributed by atoms with Crippen molar-refractivity contribution in [2.45, 2.75) is 71.1 Å². The highest BCUT2D eigenvalue weighted by Gasteiger charge is 2.55. The number of epoxide rings is 1. The van der Waals surface area contributed by atoms with Crippen LogP contribution < -0.4 is 0 Å². The van der Waals surface area contributed by atoms with Crippen molar-refractivity contribution in [2.75, 3.05) is 6.61 Å². The number of rotatable bonds is 1. The van der Waals surface area contributed by atoms with Gasteiger partial charge in [-0.05, 0) is 41.5 Å². The van der Waals surface area contributed by atoms with Gasteiger partial charge in [0, 0.05) is 0 Å². The average Bonchev–Trinajstić information content (AvgIpc) is 2.76. The van der Waals surface area contributed by atoms with Gasteiger partial charge in [0.1, 0.15) is 17.4 Å². The first-order valence-corrected chi connectivity index (χ1v) is 6.43. The van der Waals surface area contributed by atoms with Gasteiger partial charge in [-0.25, -0.2) is 4.79 Å². The number of carbonyl (C=O) groups excluding carboxylic acids is 1. The normalized spacial score (nSPS) is 34.6. The first-order chi connectivity index (χ1) is 8.12. The molecule has 2 aliphatic heterocycles. The molecule has 3 atom stereocenters. The fourth-order valence-corrected chi connectivity index (χ4v) is 2.35. The van der Waals surface area contributed by atoms with E-state index in [9.17, 15) is 4.79 Å². The Morgan fingerprint density at radius 1 is 1.39 bits per heavy atom. The number of hydrogen-bond donors (Lipinski definition) is 0. The Morgan fingerprint density at radius 3 is 2.39 bits per heavy atom. The monoisotopic (exact) mass is 257 g/mol. The van der Waals surface area contributed by atoms with Crippen molar-refractivity contribution in [3.8, 4) is 0 Å². The molecular formula is C13H23NO4.